The van der Waals surface area contributed by atoms with Crippen molar-refractivity contribution >= 4 is 30.1 Å². The van der Waals surface area contributed by atoms with E-state index in [2.05, 4.69) is 0 Å². The van der Waals surface area contributed by atoms with Crippen LogP contribution in [0.2, 0.25) is 0 Å². The van der Waals surface area contributed by atoms with Gasteiger partial charge in [0, 0.05) is 3.12 Å². The molecular formula is C10H14F6N3O6S3+. The number of halogens is 6. The number of hydrogen-bond donors (Lipinski definition) is 0. The number of nitrogens with zero attached hydrogens (tertiary/aromatic N) is 3. The van der Waals surface area contributed by atoms with Gasteiger partial charge in [0.05, 0.1) is 19.3 Å². The zero-order chi connectivity index (χ0) is 22.2. The number of imidazole rings is 1. The molecule has 18 heteroatoms. The highest BCUT2D eigenvalue weighted by atomic mass is 32.3. The van der Waals surface area contributed by atoms with Crippen molar-refractivity contribution in [1.29, 1.82) is 0 Å². The third-order valence-electron chi connectivity index (χ3n) is 3.10. The van der Waals surface area contributed by atoms with E-state index in [1.54, 1.807) is 17.8 Å². The summed E-state index contributed by atoms with van der Waals surface area (Å²) in [5.74, 6) is -1.58. The van der Waals surface area contributed by atoms with Crippen molar-refractivity contribution < 1.29 is 56.2 Å². The number of aryl methyl sites for hydroxylation is 2. The summed E-state index contributed by atoms with van der Waals surface area (Å²) in [6.07, 6.45) is 3.93. The van der Waals surface area contributed by atoms with Gasteiger partial charge in [-0.1, -0.05) is 0 Å². The Bertz CT molecular complexity index is 966. The molecule has 28 heavy (non-hydrogen) atoms. The Labute approximate surface area is 156 Å². The molecule has 0 bridgehead atoms. The van der Waals surface area contributed by atoms with E-state index in [1.165, 1.54) is 17.1 Å². The van der Waals surface area contributed by atoms with E-state index in [0.29, 0.717) is 0 Å². The zero-order valence-electron chi connectivity index (χ0n) is 13.8. The molecule has 0 fully saturated rings. The van der Waals surface area contributed by atoms with E-state index in [1.807, 2.05) is 0 Å². The minimum atomic E-state index is -7.39. The first-order valence-corrected chi connectivity index (χ1v) is 11.5. The first-order chi connectivity index (χ1) is 12.3. The van der Waals surface area contributed by atoms with E-state index < -0.39 is 56.4 Å². The number of rotatable bonds is 8. The van der Waals surface area contributed by atoms with Gasteiger partial charge in [-0.3, -0.25) is 0 Å². The molecule has 0 radical (unpaired) electrons. The molecular weight excluding hydrogens is 468 g/mol. The second-order valence-corrected chi connectivity index (χ2v) is 11.6. The van der Waals surface area contributed by atoms with Crippen LogP contribution in [0.25, 0.3) is 0 Å². The lowest BCUT2D eigenvalue weighted by Crippen LogP contribution is -2.52. The van der Waals surface area contributed by atoms with Gasteiger partial charge in [0.15, 0.2) is 0 Å². The van der Waals surface area contributed by atoms with Crippen LogP contribution in [0.5, 0.6) is 0 Å². The lowest BCUT2D eigenvalue weighted by atomic mass is 10.3. The molecule has 0 saturated carbocycles. The minimum Gasteiger partial charge on any atom is -0.240 e. The molecule has 1 aromatic rings. The van der Waals surface area contributed by atoms with Crippen LogP contribution in [-0.4, -0.2) is 49.7 Å². The average molecular weight is 482 g/mol. The summed E-state index contributed by atoms with van der Waals surface area (Å²) in [6, 6.07) is 0. The van der Waals surface area contributed by atoms with Crippen molar-refractivity contribution in [3.05, 3.63) is 18.7 Å². The summed E-state index contributed by atoms with van der Waals surface area (Å²) in [7, 11) is -19.2. The van der Waals surface area contributed by atoms with E-state index in [9.17, 15) is 51.6 Å². The molecule has 0 saturated heterocycles. The fourth-order valence-corrected chi connectivity index (χ4v) is 7.83. The standard InChI is InChI=1S/C10H14F6N3O6S3/c1-17-5-6-18(8-17)4-2-3-7-26(20,21)19(27(22,23)9(11,12)13)28(24,25)10(14,15)16/h5-6,8H,2-4,7H2,1H3/q+1. The molecule has 1 aromatic heterocycles. The zero-order valence-corrected chi connectivity index (χ0v) is 16.3. The quantitative estimate of drug-likeness (QED) is 0.302. The monoisotopic (exact) mass is 482 g/mol. The summed E-state index contributed by atoms with van der Waals surface area (Å²) in [5, 5.41) is 0. The van der Waals surface area contributed by atoms with E-state index in [0.717, 1.165) is 0 Å². The third kappa shape index (κ3) is 5.15. The van der Waals surface area contributed by atoms with Crippen molar-refractivity contribution in [2.24, 2.45) is 7.05 Å². The van der Waals surface area contributed by atoms with Crippen molar-refractivity contribution in [3.8, 4) is 0 Å². The van der Waals surface area contributed by atoms with Crippen LogP contribution < -0.4 is 4.57 Å². The van der Waals surface area contributed by atoms with Gasteiger partial charge in [-0.15, -0.1) is 0 Å². The van der Waals surface area contributed by atoms with Crippen LogP contribution in [0.15, 0.2) is 18.7 Å². The van der Waals surface area contributed by atoms with Crippen molar-refractivity contribution in [1.82, 2.24) is 7.68 Å². The van der Waals surface area contributed by atoms with Crippen LogP contribution >= 0.6 is 0 Å². The molecule has 0 atom stereocenters. The SMILES string of the molecule is C[n+]1ccn(CCCCS(=O)(=O)N(S(=O)(=O)C(F)(F)F)S(=O)(=O)C(F)(F)F)c1. The molecule has 9 nitrogen and oxygen atoms in total. The van der Waals surface area contributed by atoms with Gasteiger partial charge in [-0.05, 0) is 12.8 Å². The summed E-state index contributed by atoms with van der Waals surface area (Å²) in [5.41, 5.74) is -13.2. The first-order valence-electron chi connectivity index (χ1n) is 7.01. The molecule has 0 spiro atoms. The summed E-state index contributed by atoms with van der Waals surface area (Å²) < 4.78 is 145. The smallest absolute Gasteiger partial charge is 0.240 e. The van der Waals surface area contributed by atoms with Crippen LogP contribution in [-0.2, 0) is 43.7 Å². The molecule has 0 aliphatic heterocycles. The third-order valence-corrected chi connectivity index (χ3v) is 10.0. The topological polar surface area (TPSA) is 114 Å². The van der Waals surface area contributed by atoms with Gasteiger partial charge in [0.2, 0.25) is 16.4 Å². The Morgan fingerprint density at radius 1 is 0.893 bits per heavy atom. The van der Waals surface area contributed by atoms with Gasteiger partial charge in [-0.25, -0.2) is 34.4 Å². The number of hydrogen-bond acceptors (Lipinski definition) is 6. The molecule has 0 N–H and O–H groups in total. The highest BCUT2D eigenvalue weighted by Crippen LogP contribution is 2.37. The van der Waals surface area contributed by atoms with Crippen molar-refractivity contribution in [3.63, 3.8) is 0 Å². The Kier molecular flexibility index (Phi) is 6.85. The summed E-state index contributed by atoms with van der Waals surface area (Å²) >= 11 is 0. The highest BCUT2D eigenvalue weighted by molar-refractivity contribution is 8.18. The van der Waals surface area contributed by atoms with Crippen molar-refractivity contribution in [2.45, 2.75) is 30.4 Å². The normalized spacial score (nSPS) is 14.6. The average Bonchev–Trinajstić information content (AvgIpc) is 2.86. The fourth-order valence-electron chi connectivity index (χ4n) is 1.88. The molecule has 0 unspecified atom stereocenters. The number of aromatic nitrogens is 2. The molecule has 1 heterocycles. The van der Waals surface area contributed by atoms with Gasteiger partial charge >= 0.3 is 31.1 Å². The second kappa shape index (κ2) is 7.79. The maximum atomic E-state index is 12.6. The number of unbranched alkanes of at least 4 members (excludes halogenated alkanes) is 1. The van der Waals surface area contributed by atoms with E-state index in [4.69, 9.17) is 0 Å². The number of alkyl halides is 6. The van der Waals surface area contributed by atoms with Gasteiger partial charge in [0.25, 0.3) is 0 Å². The molecule has 0 aliphatic carbocycles. The predicted molar refractivity (Wildman–Crippen MR) is 80.4 cm³/mol. The van der Waals surface area contributed by atoms with Crippen LogP contribution in [0.3, 0.4) is 0 Å². The molecule has 0 amide bonds. The predicted octanol–water partition coefficient (Wildman–Crippen LogP) is 0.424. The molecule has 164 valence electrons. The fraction of sp³-hybridized carbons (Fsp3) is 0.700. The van der Waals surface area contributed by atoms with Gasteiger partial charge in [0.1, 0.15) is 12.4 Å². The summed E-state index contributed by atoms with van der Waals surface area (Å²) in [4.78, 5) is 0. The Hall–Kier alpha value is -1.40. The molecule has 0 aromatic carbocycles. The maximum Gasteiger partial charge on any atom is 0.513 e. The summed E-state index contributed by atoms with van der Waals surface area (Å²) in [6.45, 7) is 0.0917. The van der Waals surface area contributed by atoms with Crippen LogP contribution in [0.4, 0.5) is 26.3 Å². The minimum absolute atomic E-state index is 0.0917. The van der Waals surface area contributed by atoms with E-state index in [-0.39, 0.29) is 13.0 Å². The maximum absolute atomic E-state index is 12.6. The highest BCUT2D eigenvalue weighted by Gasteiger charge is 2.66. The Morgan fingerprint density at radius 2 is 1.36 bits per heavy atom. The van der Waals surface area contributed by atoms with Crippen LogP contribution in [0.1, 0.15) is 12.8 Å². The second-order valence-electron chi connectivity index (χ2n) is 5.38. The van der Waals surface area contributed by atoms with Gasteiger partial charge in [-0.2, -0.15) is 26.3 Å². The number of sulfonamides is 3. The first kappa shape index (κ1) is 24.6. The lowest BCUT2D eigenvalue weighted by Gasteiger charge is -2.23. The lowest BCUT2D eigenvalue weighted by molar-refractivity contribution is -0.671. The molecule has 0 aliphatic rings. The van der Waals surface area contributed by atoms with Crippen molar-refractivity contribution in [2.75, 3.05) is 5.75 Å². The van der Waals surface area contributed by atoms with Gasteiger partial charge < -0.3 is 0 Å². The molecule has 1 rings (SSSR count). The Morgan fingerprint density at radius 3 is 1.71 bits per heavy atom. The van der Waals surface area contributed by atoms with E-state index >= 15 is 0 Å². The largest absolute Gasteiger partial charge is 0.513 e. The Balaban J connectivity index is 3.18. The van der Waals surface area contributed by atoms with Crippen LogP contribution in [0, 0.1) is 0 Å².